The minimum atomic E-state index is -0.592. The number of anilines is 2. The monoisotopic (exact) mass is 378 g/mol. The number of fused-ring (bicyclic) bond motifs is 1. The summed E-state index contributed by atoms with van der Waals surface area (Å²) in [5.41, 5.74) is 7.99. The van der Waals surface area contributed by atoms with Gasteiger partial charge in [-0.05, 0) is 5.56 Å². The number of methoxy groups -OCH3 is 1. The Labute approximate surface area is 158 Å². The first-order valence-electron chi connectivity index (χ1n) is 8.26. The van der Waals surface area contributed by atoms with Gasteiger partial charge in [0.2, 0.25) is 0 Å². The molecule has 4 rings (SSSR count). The lowest BCUT2D eigenvalue weighted by atomic mass is 10.0. The number of amides is 1. The molecule has 0 bridgehead atoms. The van der Waals surface area contributed by atoms with Crippen molar-refractivity contribution in [3.05, 3.63) is 66.5 Å². The zero-order valence-corrected chi connectivity index (χ0v) is 14.8. The molecular formula is C19H15FN6O2. The van der Waals surface area contributed by atoms with Crippen molar-refractivity contribution in [2.45, 2.75) is 0 Å². The molecule has 3 heterocycles. The van der Waals surface area contributed by atoms with Crippen molar-refractivity contribution in [2.75, 3.05) is 18.2 Å². The van der Waals surface area contributed by atoms with Gasteiger partial charge >= 0.3 is 0 Å². The minimum Gasteiger partial charge on any atom is -0.494 e. The van der Waals surface area contributed by atoms with Gasteiger partial charge in [-0.1, -0.05) is 30.3 Å². The molecule has 0 radical (unpaired) electrons. The van der Waals surface area contributed by atoms with Gasteiger partial charge in [-0.25, -0.2) is 13.9 Å². The van der Waals surface area contributed by atoms with Crippen LogP contribution in [0.25, 0.3) is 16.8 Å². The molecule has 0 unspecified atom stereocenters. The highest BCUT2D eigenvalue weighted by atomic mass is 19.1. The van der Waals surface area contributed by atoms with E-state index in [1.807, 2.05) is 30.3 Å². The summed E-state index contributed by atoms with van der Waals surface area (Å²) in [4.78, 5) is 21.0. The number of nitrogens with zero attached hydrogens (tertiary/aromatic N) is 4. The molecule has 0 aliphatic heterocycles. The van der Waals surface area contributed by atoms with E-state index in [0.29, 0.717) is 17.0 Å². The Hall–Kier alpha value is -4.01. The van der Waals surface area contributed by atoms with E-state index in [2.05, 4.69) is 20.4 Å². The summed E-state index contributed by atoms with van der Waals surface area (Å²) >= 11 is 0. The highest BCUT2D eigenvalue weighted by Gasteiger charge is 2.22. The Bertz CT molecular complexity index is 1180. The van der Waals surface area contributed by atoms with Gasteiger partial charge in [-0.3, -0.25) is 9.78 Å². The van der Waals surface area contributed by atoms with Crippen LogP contribution in [0.5, 0.6) is 5.75 Å². The fraction of sp³-hybridized carbons (Fsp3) is 0.0526. The molecular weight excluding hydrogens is 363 g/mol. The predicted octanol–water partition coefficient (Wildman–Crippen LogP) is 2.77. The van der Waals surface area contributed by atoms with Crippen LogP contribution >= 0.6 is 0 Å². The number of rotatable bonds is 4. The van der Waals surface area contributed by atoms with Crippen molar-refractivity contribution < 1.29 is 13.9 Å². The standard InChI is InChI=1S/C19H15FN6O2/c1-28-14-9-22-8-13(15(14)11-5-3-2-4-6-11)24-19(27)16-17(21)25-26-10-12(20)7-23-18(16)26/h2-10H,1H3,(H2,21,25)(H,24,27). The number of benzene rings is 1. The van der Waals surface area contributed by atoms with Gasteiger partial charge in [0, 0.05) is 0 Å². The van der Waals surface area contributed by atoms with Crippen molar-refractivity contribution in [3.8, 4) is 16.9 Å². The first-order chi connectivity index (χ1) is 13.6. The number of hydrogen-bond acceptors (Lipinski definition) is 6. The second-order valence-corrected chi connectivity index (χ2v) is 5.89. The van der Waals surface area contributed by atoms with Crippen LogP contribution in [0.2, 0.25) is 0 Å². The lowest BCUT2D eigenvalue weighted by molar-refractivity contribution is 0.102. The van der Waals surface area contributed by atoms with E-state index in [-0.39, 0.29) is 17.0 Å². The quantitative estimate of drug-likeness (QED) is 0.565. The number of halogens is 1. The molecule has 28 heavy (non-hydrogen) atoms. The normalized spacial score (nSPS) is 10.8. The number of aromatic nitrogens is 4. The van der Waals surface area contributed by atoms with Gasteiger partial charge in [0.1, 0.15) is 11.3 Å². The summed E-state index contributed by atoms with van der Waals surface area (Å²) in [7, 11) is 1.52. The second kappa shape index (κ2) is 6.95. The molecule has 0 saturated heterocycles. The number of ether oxygens (including phenoxy) is 1. The zero-order valence-electron chi connectivity index (χ0n) is 14.8. The van der Waals surface area contributed by atoms with E-state index in [1.165, 1.54) is 13.3 Å². The van der Waals surface area contributed by atoms with Gasteiger partial charge in [0.15, 0.2) is 17.3 Å². The van der Waals surface area contributed by atoms with Crippen molar-refractivity contribution >= 4 is 23.1 Å². The number of carbonyl (C=O) groups is 1. The number of nitrogens with one attached hydrogen (secondary N) is 1. The Morgan fingerprint density at radius 1 is 1.21 bits per heavy atom. The Morgan fingerprint density at radius 2 is 2.00 bits per heavy atom. The first kappa shape index (κ1) is 17.4. The van der Waals surface area contributed by atoms with Crippen molar-refractivity contribution in [3.63, 3.8) is 0 Å². The number of nitrogens with two attached hydrogens (primary N) is 1. The van der Waals surface area contributed by atoms with Crippen molar-refractivity contribution in [2.24, 2.45) is 0 Å². The maximum Gasteiger partial charge on any atom is 0.263 e. The molecule has 3 aromatic heterocycles. The maximum atomic E-state index is 13.4. The molecule has 140 valence electrons. The molecule has 1 aromatic carbocycles. The van der Waals surface area contributed by atoms with Crippen LogP contribution in [-0.4, -0.2) is 32.6 Å². The number of carbonyl (C=O) groups excluding carboxylic acids is 1. The number of hydrogen-bond donors (Lipinski definition) is 2. The van der Waals surface area contributed by atoms with Gasteiger partial charge in [0.25, 0.3) is 5.91 Å². The third kappa shape index (κ3) is 2.98. The molecule has 0 aliphatic carbocycles. The average molecular weight is 378 g/mol. The molecule has 0 spiro atoms. The fourth-order valence-electron chi connectivity index (χ4n) is 2.93. The number of pyridine rings is 1. The highest BCUT2D eigenvalue weighted by molar-refractivity contribution is 6.13. The van der Waals surface area contributed by atoms with Crippen molar-refractivity contribution in [1.29, 1.82) is 0 Å². The molecule has 0 atom stereocenters. The Morgan fingerprint density at radius 3 is 2.75 bits per heavy atom. The molecule has 1 amide bonds. The van der Waals surface area contributed by atoms with Crippen LogP contribution in [0.15, 0.2) is 55.1 Å². The molecule has 9 heteroatoms. The van der Waals surface area contributed by atoms with E-state index in [4.69, 9.17) is 10.5 Å². The third-order valence-corrected chi connectivity index (χ3v) is 4.14. The van der Waals surface area contributed by atoms with E-state index < -0.39 is 11.7 Å². The lowest BCUT2D eigenvalue weighted by Gasteiger charge is -2.14. The average Bonchev–Trinajstić information content (AvgIpc) is 3.03. The fourth-order valence-corrected chi connectivity index (χ4v) is 2.93. The molecule has 0 fully saturated rings. The van der Waals surface area contributed by atoms with Gasteiger partial charge < -0.3 is 15.8 Å². The second-order valence-electron chi connectivity index (χ2n) is 5.89. The van der Waals surface area contributed by atoms with Crippen LogP contribution in [0.4, 0.5) is 15.9 Å². The van der Waals surface area contributed by atoms with Gasteiger partial charge in [-0.15, -0.1) is 5.10 Å². The minimum absolute atomic E-state index is 0.0434. The summed E-state index contributed by atoms with van der Waals surface area (Å²) in [5, 5.41) is 6.73. The van der Waals surface area contributed by atoms with Gasteiger partial charge in [-0.2, -0.15) is 0 Å². The Kier molecular flexibility index (Phi) is 4.32. The van der Waals surface area contributed by atoms with E-state index in [9.17, 15) is 9.18 Å². The van der Waals surface area contributed by atoms with Crippen LogP contribution in [0.3, 0.4) is 0 Å². The van der Waals surface area contributed by atoms with Gasteiger partial charge in [0.05, 0.1) is 43.1 Å². The lowest BCUT2D eigenvalue weighted by Crippen LogP contribution is -2.15. The smallest absolute Gasteiger partial charge is 0.263 e. The maximum absolute atomic E-state index is 13.4. The third-order valence-electron chi connectivity index (χ3n) is 4.14. The van der Waals surface area contributed by atoms with Crippen molar-refractivity contribution in [1.82, 2.24) is 19.6 Å². The van der Waals surface area contributed by atoms with Crippen LogP contribution in [0.1, 0.15) is 10.4 Å². The van der Waals surface area contributed by atoms with E-state index >= 15 is 0 Å². The highest BCUT2D eigenvalue weighted by Crippen LogP contribution is 2.36. The summed E-state index contributed by atoms with van der Waals surface area (Å²) < 4.78 is 19.9. The zero-order chi connectivity index (χ0) is 19.7. The molecule has 0 saturated carbocycles. The number of nitrogen functional groups attached to an aromatic ring is 1. The summed E-state index contributed by atoms with van der Waals surface area (Å²) in [6.07, 6.45) is 5.16. The molecule has 8 nitrogen and oxygen atoms in total. The van der Waals surface area contributed by atoms with E-state index in [0.717, 1.165) is 22.5 Å². The summed E-state index contributed by atoms with van der Waals surface area (Å²) in [6.45, 7) is 0. The summed E-state index contributed by atoms with van der Waals surface area (Å²) in [6, 6.07) is 9.42. The molecule has 0 aliphatic rings. The van der Waals surface area contributed by atoms with Crippen LogP contribution < -0.4 is 15.8 Å². The predicted molar refractivity (Wildman–Crippen MR) is 102 cm³/mol. The van der Waals surface area contributed by atoms with E-state index in [1.54, 1.807) is 6.20 Å². The Balaban J connectivity index is 1.78. The SMILES string of the molecule is COc1cncc(NC(=O)c2c(N)nn3cc(F)cnc23)c1-c1ccccc1. The molecule has 4 aromatic rings. The largest absolute Gasteiger partial charge is 0.494 e. The molecule has 3 N–H and O–H groups in total. The summed E-state index contributed by atoms with van der Waals surface area (Å²) in [5.74, 6) is -0.700. The van der Waals surface area contributed by atoms with Crippen LogP contribution in [-0.2, 0) is 0 Å². The van der Waals surface area contributed by atoms with Crippen LogP contribution in [0, 0.1) is 5.82 Å². The first-order valence-corrected chi connectivity index (χ1v) is 8.26. The topological polar surface area (TPSA) is 107 Å².